The van der Waals surface area contributed by atoms with Gasteiger partial charge in [-0.2, -0.15) is 0 Å². The van der Waals surface area contributed by atoms with Crippen LogP contribution in [0.2, 0.25) is 0 Å². The van der Waals surface area contributed by atoms with E-state index in [4.69, 9.17) is 14.2 Å². The molecule has 6 nitrogen and oxygen atoms in total. The summed E-state index contributed by atoms with van der Waals surface area (Å²) in [5.74, 6) is 1.43. The van der Waals surface area contributed by atoms with Crippen LogP contribution in [0, 0.1) is 17.3 Å². The summed E-state index contributed by atoms with van der Waals surface area (Å²) in [6.45, 7) is 4.32. The van der Waals surface area contributed by atoms with Gasteiger partial charge in [0.15, 0.2) is 0 Å². The summed E-state index contributed by atoms with van der Waals surface area (Å²) in [6.07, 6.45) is 5.84. The fourth-order valence-electron chi connectivity index (χ4n) is 6.54. The third-order valence-electron chi connectivity index (χ3n) is 8.03. The van der Waals surface area contributed by atoms with E-state index in [1.807, 2.05) is 12.1 Å². The molecule has 1 aromatic heterocycles. The highest BCUT2D eigenvalue weighted by molar-refractivity contribution is 5.91. The molecule has 1 spiro atoms. The molecule has 0 bridgehead atoms. The van der Waals surface area contributed by atoms with E-state index in [0.29, 0.717) is 11.5 Å². The summed E-state index contributed by atoms with van der Waals surface area (Å²) in [5, 5.41) is 1.20. The zero-order valence-corrected chi connectivity index (χ0v) is 18.9. The van der Waals surface area contributed by atoms with Crippen LogP contribution in [0.4, 0.5) is 0 Å². The Kier molecular flexibility index (Phi) is 5.00. The van der Waals surface area contributed by atoms with Crippen LogP contribution in [0.5, 0.6) is 5.75 Å². The summed E-state index contributed by atoms with van der Waals surface area (Å²) < 4.78 is 16.2. The van der Waals surface area contributed by atoms with Crippen molar-refractivity contribution in [1.29, 1.82) is 0 Å². The third-order valence-corrected chi connectivity index (χ3v) is 8.03. The number of fused-ring (bicyclic) bond motifs is 5. The predicted octanol–water partition coefficient (Wildman–Crippen LogP) is 4.22. The van der Waals surface area contributed by atoms with Crippen LogP contribution in [0.25, 0.3) is 10.9 Å². The highest BCUT2D eigenvalue weighted by Gasteiger charge is 2.63. The smallest absolute Gasteiger partial charge is 0.337 e. The second-order valence-electron chi connectivity index (χ2n) is 9.27. The second-order valence-corrected chi connectivity index (χ2v) is 9.27. The Bertz CT molecular complexity index is 1040. The Hall–Kier alpha value is -2.47. The van der Waals surface area contributed by atoms with E-state index in [-0.39, 0.29) is 23.3 Å². The highest BCUT2D eigenvalue weighted by Crippen LogP contribution is 2.66. The van der Waals surface area contributed by atoms with E-state index >= 15 is 0 Å². The molecule has 3 heterocycles. The first-order valence-electron chi connectivity index (χ1n) is 11.3. The van der Waals surface area contributed by atoms with Crippen LogP contribution in [-0.2, 0) is 20.7 Å². The molecule has 1 N–H and O–H groups in total. The van der Waals surface area contributed by atoms with Crippen LogP contribution in [-0.4, -0.2) is 50.3 Å². The molecule has 3 aliphatic rings. The van der Waals surface area contributed by atoms with Crippen LogP contribution >= 0.6 is 0 Å². The number of benzene rings is 1. The number of piperidine rings is 1. The molecule has 6 heteroatoms. The van der Waals surface area contributed by atoms with Gasteiger partial charge < -0.3 is 19.2 Å². The number of aromatic nitrogens is 1. The number of ether oxygens (including phenoxy) is 3. The lowest BCUT2D eigenvalue weighted by Gasteiger charge is -2.47. The predicted molar refractivity (Wildman–Crippen MR) is 119 cm³/mol. The van der Waals surface area contributed by atoms with Crippen molar-refractivity contribution in [3.63, 3.8) is 0 Å². The van der Waals surface area contributed by atoms with Crippen molar-refractivity contribution >= 4 is 16.9 Å². The van der Waals surface area contributed by atoms with Gasteiger partial charge in [0.25, 0.3) is 0 Å². The van der Waals surface area contributed by atoms with Gasteiger partial charge in [0.05, 0.1) is 39.2 Å². The monoisotopic (exact) mass is 424 g/mol. The molecule has 166 valence electrons. The number of H-pyrrole nitrogens is 1. The lowest BCUT2D eigenvalue weighted by Crippen LogP contribution is -2.48. The summed E-state index contributed by atoms with van der Waals surface area (Å²) in [4.78, 5) is 19.1. The number of carbonyl (C=O) groups is 1. The number of hydrogen-bond acceptors (Lipinski definition) is 5. The number of aromatic amines is 1. The van der Waals surface area contributed by atoms with Crippen molar-refractivity contribution in [2.24, 2.45) is 17.3 Å². The maximum atomic E-state index is 12.7. The van der Waals surface area contributed by atoms with Crippen LogP contribution in [0.15, 0.2) is 30.0 Å². The molecule has 4 atom stereocenters. The molecule has 1 aromatic carbocycles. The lowest BCUT2D eigenvalue weighted by atomic mass is 9.71. The Balaban J connectivity index is 1.58. The van der Waals surface area contributed by atoms with Crippen molar-refractivity contribution in [2.75, 3.05) is 34.4 Å². The van der Waals surface area contributed by atoms with E-state index in [2.05, 4.69) is 22.9 Å². The minimum atomic E-state index is -0.268. The van der Waals surface area contributed by atoms with E-state index in [0.717, 1.165) is 43.6 Å². The van der Waals surface area contributed by atoms with Gasteiger partial charge in [0.1, 0.15) is 5.75 Å². The van der Waals surface area contributed by atoms with Gasteiger partial charge in [-0.1, -0.05) is 19.4 Å². The maximum Gasteiger partial charge on any atom is 0.337 e. The van der Waals surface area contributed by atoms with Gasteiger partial charge in [-0.3, -0.25) is 4.90 Å². The summed E-state index contributed by atoms with van der Waals surface area (Å²) >= 11 is 0. The Morgan fingerprint density at radius 2 is 2.16 bits per heavy atom. The van der Waals surface area contributed by atoms with E-state index in [1.165, 1.54) is 30.2 Å². The molecule has 1 aliphatic carbocycles. The first-order valence-corrected chi connectivity index (χ1v) is 11.3. The molecule has 2 unspecified atom stereocenters. The van der Waals surface area contributed by atoms with Crippen molar-refractivity contribution in [3.05, 3.63) is 41.3 Å². The number of nitrogens with zero attached hydrogens (tertiary/aromatic N) is 1. The zero-order chi connectivity index (χ0) is 21.8. The summed E-state index contributed by atoms with van der Waals surface area (Å²) in [7, 11) is 4.80. The quantitative estimate of drug-likeness (QED) is 0.442. The molecule has 5 rings (SSSR count). The minimum Gasteiger partial charge on any atom is -0.504 e. The zero-order valence-electron chi connectivity index (χ0n) is 18.9. The van der Waals surface area contributed by atoms with Crippen LogP contribution in [0.1, 0.15) is 43.5 Å². The molecule has 0 amide bonds. The fraction of sp³-hybridized carbons (Fsp3) is 0.560. The first kappa shape index (κ1) is 20.4. The Morgan fingerprint density at radius 1 is 1.32 bits per heavy atom. The molecule has 2 fully saturated rings. The summed E-state index contributed by atoms with van der Waals surface area (Å²) in [6, 6.07) is 6.45. The third kappa shape index (κ3) is 2.99. The highest BCUT2D eigenvalue weighted by atomic mass is 16.5. The number of carbonyl (C=O) groups excluding carboxylic acids is 1. The molecule has 1 saturated heterocycles. The standard InChI is InChI=1S/C25H32N2O4/c1-5-15-12-25(15)14-27-10-9-16-22-19(7-6-8-21(22)30-3)26-23(16)20(27)11-18(25)17(13-29-2)24(28)31-4/h6-8,13,15,18,20,26H,5,9-12,14H2,1-4H3/b17-13+/t15?,18-,20?,25-/m1/s1. The van der Waals surface area contributed by atoms with Crippen molar-refractivity contribution in [3.8, 4) is 5.75 Å². The summed E-state index contributed by atoms with van der Waals surface area (Å²) in [5.41, 5.74) is 4.59. The van der Waals surface area contributed by atoms with Gasteiger partial charge in [-0.25, -0.2) is 4.79 Å². The molecule has 31 heavy (non-hydrogen) atoms. The second kappa shape index (κ2) is 7.59. The van der Waals surface area contributed by atoms with Gasteiger partial charge in [0, 0.05) is 35.6 Å². The minimum absolute atomic E-state index is 0.130. The maximum absolute atomic E-state index is 12.7. The van der Waals surface area contributed by atoms with E-state index in [9.17, 15) is 4.79 Å². The Labute approximate surface area is 183 Å². The molecular weight excluding hydrogens is 392 g/mol. The van der Waals surface area contributed by atoms with Gasteiger partial charge in [-0.05, 0) is 48.3 Å². The molecule has 2 aliphatic heterocycles. The van der Waals surface area contributed by atoms with Gasteiger partial charge in [0.2, 0.25) is 0 Å². The van der Waals surface area contributed by atoms with Gasteiger partial charge in [-0.15, -0.1) is 0 Å². The molecule has 0 radical (unpaired) electrons. The van der Waals surface area contributed by atoms with E-state index in [1.54, 1.807) is 20.5 Å². The SMILES string of the molecule is CCC1C[C@@]12CN1CCc3c([nH]c4cccc(OC)c34)C1C[C@@H]2/C(=C\OC)C(=O)OC. The van der Waals surface area contributed by atoms with Gasteiger partial charge >= 0.3 is 5.97 Å². The van der Waals surface area contributed by atoms with Crippen molar-refractivity contribution < 1.29 is 19.0 Å². The normalized spacial score (nSPS) is 30.1. The largest absolute Gasteiger partial charge is 0.504 e. The Morgan fingerprint density at radius 3 is 2.84 bits per heavy atom. The number of esters is 1. The topological polar surface area (TPSA) is 63.8 Å². The molecule has 1 saturated carbocycles. The molecular formula is C25H32N2O4. The average molecular weight is 425 g/mol. The van der Waals surface area contributed by atoms with E-state index < -0.39 is 0 Å². The lowest BCUT2D eigenvalue weighted by molar-refractivity contribution is -0.137. The average Bonchev–Trinajstić information content (AvgIpc) is 3.34. The number of rotatable bonds is 5. The first-order chi connectivity index (χ1) is 15.1. The number of methoxy groups -OCH3 is 3. The van der Waals surface area contributed by atoms with Crippen LogP contribution < -0.4 is 4.74 Å². The fourth-order valence-corrected chi connectivity index (χ4v) is 6.54. The van der Waals surface area contributed by atoms with Crippen molar-refractivity contribution in [1.82, 2.24) is 9.88 Å². The van der Waals surface area contributed by atoms with Crippen LogP contribution in [0.3, 0.4) is 0 Å². The number of hydrogen-bond donors (Lipinski definition) is 1. The molecule has 2 aromatic rings. The van der Waals surface area contributed by atoms with Crippen molar-refractivity contribution in [2.45, 2.75) is 38.6 Å². The number of nitrogens with one attached hydrogen (secondary N) is 1.